The van der Waals surface area contributed by atoms with Crippen LogP contribution in [0.15, 0.2) is 67.1 Å². The molecular formula is C29H32N6O2. The largest absolute Gasteiger partial charge is 0.366 e. The van der Waals surface area contributed by atoms with Crippen molar-refractivity contribution >= 4 is 11.8 Å². The van der Waals surface area contributed by atoms with E-state index in [9.17, 15) is 9.59 Å². The van der Waals surface area contributed by atoms with Gasteiger partial charge in [-0.15, -0.1) is 0 Å². The molecule has 1 saturated heterocycles. The Morgan fingerprint density at radius 3 is 2.51 bits per heavy atom. The highest BCUT2D eigenvalue weighted by Gasteiger charge is 2.22. The van der Waals surface area contributed by atoms with Gasteiger partial charge in [-0.3, -0.25) is 19.3 Å². The lowest BCUT2D eigenvalue weighted by Gasteiger charge is -2.26. The first-order valence-corrected chi connectivity index (χ1v) is 13.0. The van der Waals surface area contributed by atoms with Crippen molar-refractivity contribution in [1.29, 1.82) is 0 Å². The van der Waals surface area contributed by atoms with Gasteiger partial charge in [-0.05, 0) is 62.3 Å². The zero-order chi connectivity index (χ0) is 25.6. The SMILES string of the molecule is NC(=O)c1cccc(-c2cn[nH]c2)c1-c1nc(CCCCC(=O)N2CCCCC2)cn1-c1ccccc1. The third-order valence-corrected chi connectivity index (χ3v) is 6.94. The smallest absolute Gasteiger partial charge is 0.249 e. The molecule has 0 radical (unpaired) electrons. The van der Waals surface area contributed by atoms with Crippen molar-refractivity contribution in [2.45, 2.75) is 44.9 Å². The summed E-state index contributed by atoms with van der Waals surface area (Å²) in [6.45, 7) is 1.78. The predicted molar refractivity (Wildman–Crippen MR) is 143 cm³/mol. The number of hydrogen-bond acceptors (Lipinski definition) is 4. The molecule has 1 aliphatic heterocycles. The second kappa shape index (κ2) is 11.2. The molecule has 0 unspecified atom stereocenters. The minimum atomic E-state index is -0.513. The molecular weight excluding hydrogens is 464 g/mol. The molecule has 2 amide bonds. The van der Waals surface area contributed by atoms with Gasteiger partial charge in [0.25, 0.3) is 0 Å². The Morgan fingerprint density at radius 1 is 0.973 bits per heavy atom. The average Bonchev–Trinajstić information content (AvgIpc) is 3.62. The molecule has 8 heteroatoms. The van der Waals surface area contributed by atoms with Gasteiger partial charge in [0.05, 0.1) is 17.5 Å². The van der Waals surface area contributed by atoms with E-state index in [0.717, 1.165) is 67.7 Å². The van der Waals surface area contributed by atoms with E-state index in [1.807, 2.05) is 58.1 Å². The number of carbonyl (C=O) groups excluding carboxylic acids is 2. The summed E-state index contributed by atoms with van der Waals surface area (Å²) in [5.41, 5.74) is 10.4. The van der Waals surface area contributed by atoms with Crippen LogP contribution in [0.3, 0.4) is 0 Å². The van der Waals surface area contributed by atoms with Crippen LogP contribution in [0.5, 0.6) is 0 Å². The second-order valence-electron chi connectivity index (χ2n) is 9.49. The molecule has 0 atom stereocenters. The van der Waals surface area contributed by atoms with E-state index >= 15 is 0 Å². The molecule has 37 heavy (non-hydrogen) atoms. The fraction of sp³-hybridized carbons (Fsp3) is 0.310. The molecule has 0 saturated carbocycles. The van der Waals surface area contributed by atoms with Gasteiger partial charge in [0.2, 0.25) is 11.8 Å². The number of hydrogen-bond donors (Lipinski definition) is 2. The van der Waals surface area contributed by atoms with Gasteiger partial charge in [0.15, 0.2) is 0 Å². The normalized spacial score (nSPS) is 13.6. The van der Waals surface area contributed by atoms with Gasteiger partial charge in [0, 0.05) is 48.7 Å². The van der Waals surface area contributed by atoms with Crippen LogP contribution >= 0.6 is 0 Å². The Kier molecular flexibility index (Phi) is 7.44. The lowest BCUT2D eigenvalue weighted by Crippen LogP contribution is -2.35. The molecule has 0 bridgehead atoms. The van der Waals surface area contributed by atoms with Crippen molar-refractivity contribution in [2.24, 2.45) is 5.73 Å². The third kappa shape index (κ3) is 5.48. The molecule has 1 fully saturated rings. The molecule has 3 N–H and O–H groups in total. The summed E-state index contributed by atoms with van der Waals surface area (Å²) < 4.78 is 2.01. The topological polar surface area (TPSA) is 110 Å². The maximum atomic E-state index is 12.5. The number of nitrogens with one attached hydrogen (secondary N) is 1. The molecule has 2 aromatic heterocycles. The van der Waals surface area contributed by atoms with Crippen LogP contribution in [-0.2, 0) is 11.2 Å². The number of carbonyl (C=O) groups is 2. The van der Waals surface area contributed by atoms with Crippen molar-refractivity contribution in [2.75, 3.05) is 13.1 Å². The monoisotopic (exact) mass is 496 g/mol. The number of likely N-dealkylation sites (tertiary alicyclic amines) is 1. The van der Waals surface area contributed by atoms with Crippen molar-refractivity contribution in [1.82, 2.24) is 24.6 Å². The number of para-hydroxylation sites is 1. The molecule has 2 aromatic carbocycles. The Labute approximate surface area is 216 Å². The fourth-order valence-corrected chi connectivity index (χ4v) is 5.03. The van der Waals surface area contributed by atoms with E-state index < -0.39 is 5.91 Å². The number of rotatable bonds is 9. The number of piperidine rings is 1. The van der Waals surface area contributed by atoms with E-state index in [-0.39, 0.29) is 5.91 Å². The standard InChI is InChI=1S/C29H32N6O2/c30-28(37)25-14-9-13-24(21-18-31-32-19-21)27(25)29-33-22(20-35(29)23-11-3-1-4-12-23)10-5-6-15-26(36)34-16-7-2-8-17-34/h1,3-4,9,11-14,18-20H,2,5-8,10,15-17H2,(H2,30,37)(H,31,32). The highest BCUT2D eigenvalue weighted by Crippen LogP contribution is 2.35. The number of amides is 2. The molecule has 1 aliphatic rings. The van der Waals surface area contributed by atoms with Crippen LogP contribution in [0.2, 0.25) is 0 Å². The van der Waals surface area contributed by atoms with Crippen LogP contribution in [-0.4, -0.2) is 49.6 Å². The number of primary amides is 1. The average molecular weight is 497 g/mol. The third-order valence-electron chi connectivity index (χ3n) is 6.94. The molecule has 5 rings (SSSR count). The second-order valence-corrected chi connectivity index (χ2v) is 9.49. The summed E-state index contributed by atoms with van der Waals surface area (Å²) in [6, 6.07) is 15.4. The summed E-state index contributed by atoms with van der Waals surface area (Å²) in [6.07, 6.45) is 12.0. The summed E-state index contributed by atoms with van der Waals surface area (Å²) in [7, 11) is 0. The number of aromatic amines is 1. The highest BCUT2D eigenvalue weighted by molar-refractivity contribution is 6.03. The maximum absolute atomic E-state index is 12.5. The number of nitrogens with two attached hydrogens (primary N) is 1. The van der Waals surface area contributed by atoms with E-state index in [1.54, 1.807) is 18.5 Å². The summed E-state index contributed by atoms with van der Waals surface area (Å²) in [4.78, 5) is 32.1. The molecule has 0 spiro atoms. The first kappa shape index (κ1) is 24.5. The Morgan fingerprint density at radius 2 is 1.78 bits per heavy atom. The number of benzene rings is 2. The van der Waals surface area contributed by atoms with Gasteiger partial charge >= 0.3 is 0 Å². The van der Waals surface area contributed by atoms with Crippen molar-refractivity contribution in [3.8, 4) is 28.2 Å². The zero-order valence-corrected chi connectivity index (χ0v) is 20.9. The number of nitrogens with zero attached hydrogens (tertiary/aromatic N) is 4. The maximum Gasteiger partial charge on any atom is 0.249 e. The first-order chi connectivity index (χ1) is 18.1. The number of unbranched alkanes of at least 4 members (excludes halogenated alkanes) is 1. The van der Waals surface area contributed by atoms with E-state index in [0.29, 0.717) is 23.4 Å². The van der Waals surface area contributed by atoms with Crippen LogP contribution in [0.25, 0.3) is 28.2 Å². The molecule has 8 nitrogen and oxygen atoms in total. The fourth-order valence-electron chi connectivity index (χ4n) is 5.03. The summed E-state index contributed by atoms with van der Waals surface area (Å²) in [5, 5.41) is 6.94. The van der Waals surface area contributed by atoms with E-state index in [1.165, 1.54) is 6.42 Å². The van der Waals surface area contributed by atoms with Crippen LogP contribution in [0.4, 0.5) is 0 Å². The van der Waals surface area contributed by atoms with E-state index in [2.05, 4.69) is 10.2 Å². The van der Waals surface area contributed by atoms with Crippen molar-refractivity contribution in [3.05, 3.63) is 78.4 Å². The van der Waals surface area contributed by atoms with Crippen LogP contribution in [0, 0.1) is 0 Å². The molecule has 3 heterocycles. The van der Waals surface area contributed by atoms with E-state index in [4.69, 9.17) is 10.7 Å². The Balaban J connectivity index is 1.45. The highest BCUT2D eigenvalue weighted by atomic mass is 16.2. The van der Waals surface area contributed by atoms with Gasteiger partial charge in [-0.25, -0.2) is 4.98 Å². The molecule has 190 valence electrons. The van der Waals surface area contributed by atoms with Gasteiger partial charge in [-0.2, -0.15) is 5.10 Å². The minimum Gasteiger partial charge on any atom is -0.366 e. The minimum absolute atomic E-state index is 0.260. The quantitative estimate of drug-likeness (QED) is 0.326. The number of aromatic nitrogens is 4. The Bertz CT molecular complexity index is 1350. The van der Waals surface area contributed by atoms with Gasteiger partial charge in [-0.1, -0.05) is 30.3 Å². The van der Waals surface area contributed by atoms with Crippen LogP contribution < -0.4 is 5.73 Å². The predicted octanol–water partition coefficient (Wildman–Crippen LogP) is 4.75. The first-order valence-electron chi connectivity index (χ1n) is 13.0. The number of aryl methyl sites for hydroxylation is 1. The van der Waals surface area contributed by atoms with Gasteiger partial charge in [0.1, 0.15) is 5.82 Å². The lowest BCUT2D eigenvalue weighted by atomic mass is 9.96. The summed E-state index contributed by atoms with van der Waals surface area (Å²) in [5.74, 6) is 0.396. The van der Waals surface area contributed by atoms with Crippen LogP contribution in [0.1, 0.15) is 54.6 Å². The van der Waals surface area contributed by atoms with Gasteiger partial charge < -0.3 is 10.6 Å². The molecule has 0 aliphatic carbocycles. The number of H-pyrrole nitrogens is 1. The lowest BCUT2D eigenvalue weighted by molar-refractivity contribution is -0.132. The Hall–Kier alpha value is -4.20. The summed E-state index contributed by atoms with van der Waals surface area (Å²) >= 11 is 0. The number of imidazole rings is 1. The van der Waals surface area contributed by atoms with Crippen molar-refractivity contribution < 1.29 is 9.59 Å². The zero-order valence-electron chi connectivity index (χ0n) is 20.9. The molecule has 4 aromatic rings. The van der Waals surface area contributed by atoms with Crippen molar-refractivity contribution in [3.63, 3.8) is 0 Å².